The minimum atomic E-state index is -0.339. The van der Waals surface area contributed by atoms with Gasteiger partial charge in [-0.25, -0.2) is 9.59 Å². The van der Waals surface area contributed by atoms with Crippen molar-refractivity contribution >= 4 is 80.5 Å². The van der Waals surface area contributed by atoms with Crippen LogP contribution in [0, 0.1) is 11.8 Å². The summed E-state index contributed by atoms with van der Waals surface area (Å²) in [4.78, 5) is 65.6. The van der Waals surface area contributed by atoms with Crippen LogP contribution in [0.2, 0.25) is 0 Å². The molecule has 0 saturated carbocycles. The molecule has 0 N–H and O–H groups in total. The minimum absolute atomic E-state index is 0.122. The third-order valence-electron chi connectivity index (χ3n) is 10.5. The second kappa shape index (κ2) is 19.1. The minimum Gasteiger partial charge on any atom is -0.462 e. The Morgan fingerprint density at radius 1 is 0.536 bits per heavy atom. The number of hydrogen-bond acceptors (Lipinski definition) is 10. The number of amides is 2. The number of hydrogen-bond donors (Lipinski definition) is 0. The van der Waals surface area contributed by atoms with Gasteiger partial charge in [-0.1, -0.05) is 66.2 Å². The van der Waals surface area contributed by atoms with E-state index >= 15 is 9.59 Å². The summed E-state index contributed by atoms with van der Waals surface area (Å²) >= 11 is 5.87. The topological polar surface area (TPSA) is 93.2 Å². The van der Waals surface area contributed by atoms with E-state index in [0.717, 1.165) is 80.6 Å². The molecule has 0 saturated heterocycles. The van der Waals surface area contributed by atoms with Crippen molar-refractivity contribution in [3.05, 3.63) is 79.2 Å². The first-order valence-electron chi connectivity index (χ1n) is 20.0. The molecule has 0 radical (unpaired) electrons. The Hall–Kier alpha value is -3.84. The Labute approximate surface area is 346 Å². The van der Waals surface area contributed by atoms with Crippen LogP contribution in [0.3, 0.4) is 0 Å². The lowest BCUT2D eigenvalue weighted by Crippen LogP contribution is -2.34. The maximum Gasteiger partial charge on any atom is 0.348 e. The number of esters is 2. The number of ether oxygens (including phenoxy) is 2. The van der Waals surface area contributed by atoms with E-state index in [9.17, 15) is 9.59 Å². The van der Waals surface area contributed by atoms with Crippen LogP contribution in [0.25, 0.3) is 30.9 Å². The number of nitrogens with zero attached hydrogens (tertiary/aromatic N) is 2. The number of rotatable bonds is 20. The SMILES string of the molecule is CCCCC(CC)CN1C(=O)C2=C(c3ccc(-c4ccc(C(=O)OCC)s4)s3)N(CC(CC)CCCC)C(=O)C2=C1c1ccc(-c2ccc(C(=O)OCC)s2)s1. The van der Waals surface area contributed by atoms with Gasteiger partial charge in [0.15, 0.2) is 0 Å². The summed E-state index contributed by atoms with van der Waals surface area (Å²) in [7, 11) is 0. The summed E-state index contributed by atoms with van der Waals surface area (Å²) in [6, 6.07) is 15.6. The van der Waals surface area contributed by atoms with E-state index in [-0.39, 0.29) is 35.6 Å². The average Bonchev–Trinajstić information content (AvgIpc) is 4.06. The molecule has 6 rings (SSSR count). The number of unbranched alkanes of at least 4 members (excludes halogenated alkanes) is 2. The zero-order valence-corrected chi connectivity index (χ0v) is 36.5. The molecule has 2 unspecified atom stereocenters. The molecule has 0 aliphatic carbocycles. The molecule has 0 spiro atoms. The van der Waals surface area contributed by atoms with Gasteiger partial charge >= 0.3 is 11.9 Å². The highest BCUT2D eigenvalue weighted by atomic mass is 32.1. The smallest absolute Gasteiger partial charge is 0.348 e. The fourth-order valence-electron chi connectivity index (χ4n) is 7.37. The van der Waals surface area contributed by atoms with Crippen molar-refractivity contribution in [1.29, 1.82) is 0 Å². The van der Waals surface area contributed by atoms with Gasteiger partial charge in [0.2, 0.25) is 0 Å². The zero-order valence-electron chi connectivity index (χ0n) is 33.2. The van der Waals surface area contributed by atoms with Gasteiger partial charge in [0.05, 0.1) is 45.5 Å². The van der Waals surface area contributed by atoms with Crippen LogP contribution in [0.1, 0.15) is 122 Å². The molecular weight excluding hydrogens is 781 g/mol. The molecule has 0 aromatic carbocycles. The fraction of sp³-hybridized carbons (Fsp3) is 0.455. The number of thiophene rings is 4. The maximum absolute atomic E-state index is 15.1. The quantitative estimate of drug-likeness (QED) is 0.0824. The van der Waals surface area contributed by atoms with Gasteiger partial charge < -0.3 is 19.3 Å². The first-order chi connectivity index (χ1) is 27.2. The molecule has 4 aromatic heterocycles. The Morgan fingerprint density at radius 2 is 0.893 bits per heavy atom. The fourth-order valence-corrected chi connectivity index (χ4v) is 11.5. The van der Waals surface area contributed by atoms with E-state index in [1.54, 1.807) is 48.7 Å². The lowest BCUT2D eigenvalue weighted by Gasteiger charge is -2.29. The Kier molecular flexibility index (Phi) is 14.2. The standard InChI is InChI=1S/C44H52N2O6S4/c1-7-13-15-27(9-3)25-45-39(33-21-17-29(53-33)31-19-23-35(55-31)43(49)51-11-5)37-38(41(45)47)40(46(42(37)48)26-28(10-4)16-14-8-2)34-22-18-30(54-34)32-20-24-36(56-32)44(50)52-12-6/h17-24,27-28H,7-16,25-26H2,1-6H3. The number of carbonyl (C=O) groups is 4. The van der Waals surface area contributed by atoms with Crippen molar-refractivity contribution in [1.82, 2.24) is 9.80 Å². The molecule has 12 heteroatoms. The summed E-state index contributed by atoms with van der Waals surface area (Å²) in [6.07, 6.45) is 8.17. The van der Waals surface area contributed by atoms with E-state index in [0.29, 0.717) is 58.6 Å². The Morgan fingerprint density at radius 3 is 1.25 bits per heavy atom. The molecule has 2 aliphatic heterocycles. The molecule has 0 bridgehead atoms. The third-order valence-corrected chi connectivity index (χ3v) is 15.2. The highest BCUT2D eigenvalue weighted by Gasteiger charge is 2.50. The van der Waals surface area contributed by atoms with Gasteiger partial charge in [-0.15, -0.1) is 45.3 Å². The molecule has 0 fully saturated rings. The Balaban J connectivity index is 1.49. The molecule has 4 aromatic rings. The predicted molar refractivity (Wildman–Crippen MR) is 231 cm³/mol. The van der Waals surface area contributed by atoms with Gasteiger partial charge in [-0.05, 0) is 87.1 Å². The molecule has 8 nitrogen and oxygen atoms in total. The van der Waals surface area contributed by atoms with Crippen molar-refractivity contribution in [2.24, 2.45) is 11.8 Å². The van der Waals surface area contributed by atoms with Gasteiger partial charge in [0.25, 0.3) is 11.8 Å². The van der Waals surface area contributed by atoms with Gasteiger partial charge in [-0.3, -0.25) is 9.59 Å². The number of carbonyl (C=O) groups excluding carboxylic acids is 4. The zero-order chi connectivity index (χ0) is 39.9. The molecule has 2 amide bonds. The van der Waals surface area contributed by atoms with E-state index in [1.165, 1.54) is 22.7 Å². The van der Waals surface area contributed by atoms with Crippen molar-refractivity contribution in [2.75, 3.05) is 26.3 Å². The van der Waals surface area contributed by atoms with Crippen molar-refractivity contribution in [3.8, 4) is 19.5 Å². The van der Waals surface area contributed by atoms with Crippen LogP contribution in [0.5, 0.6) is 0 Å². The van der Waals surface area contributed by atoms with Crippen molar-refractivity contribution < 1.29 is 28.7 Å². The van der Waals surface area contributed by atoms with Crippen molar-refractivity contribution in [3.63, 3.8) is 0 Å². The first kappa shape index (κ1) is 41.8. The number of fused-ring (bicyclic) bond motifs is 1. The van der Waals surface area contributed by atoms with Crippen LogP contribution >= 0.6 is 45.3 Å². The highest BCUT2D eigenvalue weighted by Crippen LogP contribution is 2.51. The normalized spacial score (nSPS) is 15.3. The average molecular weight is 833 g/mol. The predicted octanol–water partition coefficient (Wildman–Crippen LogP) is 11.9. The lowest BCUT2D eigenvalue weighted by molar-refractivity contribution is -0.124. The van der Waals surface area contributed by atoms with E-state index < -0.39 is 0 Å². The van der Waals surface area contributed by atoms with Crippen LogP contribution in [-0.2, 0) is 19.1 Å². The molecule has 6 heterocycles. The van der Waals surface area contributed by atoms with Crippen LogP contribution in [0.15, 0.2) is 59.7 Å². The van der Waals surface area contributed by atoms with Gasteiger partial charge in [-0.2, -0.15) is 0 Å². The summed E-state index contributed by atoms with van der Waals surface area (Å²) in [5.74, 6) is -0.352. The monoisotopic (exact) mass is 832 g/mol. The maximum atomic E-state index is 15.1. The summed E-state index contributed by atoms with van der Waals surface area (Å²) < 4.78 is 10.5. The molecule has 2 aliphatic rings. The third kappa shape index (κ3) is 8.68. The first-order valence-corrected chi connectivity index (χ1v) is 23.3. The van der Waals surface area contributed by atoms with Gasteiger partial charge in [0, 0.05) is 32.6 Å². The lowest BCUT2D eigenvalue weighted by atomic mass is 9.98. The molecule has 298 valence electrons. The van der Waals surface area contributed by atoms with E-state index in [2.05, 4.69) is 27.7 Å². The largest absolute Gasteiger partial charge is 0.462 e. The van der Waals surface area contributed by atoms with Gasteiger partial charge in [0.1, 0.15) is 9.75 Å². The van der Waals surface area contributed by atoms with Crippen LogP contribution in [0.4, 0.5) is 0 Å². The second-order valence-corrected chi connectivity index (χ2v) is 18.5. The molecule has 2 atom stereocenters. The van der Waals surface area contributed by atoms with Crippen molar-refractivity contribution in [2.45, 2.75) is 92.9 Å². The summed E-state index contributed by atoms with van der Waals surface area (Å²) in [5.41, 5.74) is 2.37. The molecule has 56 heavy (non-hydrogen) atoms. The second-order valence-electron chi connectivity index (χ2n) is 14.2. The molecular formula is C44H52N2O6S4. The Bertz CT molecular complexity index is 1970. The van der Waals surface area contributed by atoms with E-state index in [4.69, 9.17) is 9.47 Å². The summed E-state index contributed by atoms with van der Waals surface area (Å²) in [6.45, 7) is 14.0. The summed E-state index contributed by atoms with van der Waals surface area (Å²) in [5, 5.41) is 0. The highest BCUT2D eigenvalue weighted by molar-refractivity contribution is 7.24. The van der Waals surface area contributed by atoms with Crippen LogP contribution < -0.4 is 0 Å². The van der Waals surface area contributed by atoms with E-state index in [1.807, 2.05) is 46.2 Å². The van der Waals surface area contributed by atoms with Crippen LogP contribution in [-0.4, -0.2) is 59.9 Å².